The normalized spacial score (nSPS) is 20.4. The fraction of sp³-hybridized carbons (Fsp3) is 0.250. The summed E-state index contributed by atoms with van der Waals surface area (Å²) in [5, 5.41) is 10.4. The predicted octanol–water partition coefficient (Wildman–Crippen LogP) is 7.78. The van der Waals surface area contributed by atoms with Gasteiger partial charge in [0.15, 0.2) is 0 Å². The van der Waals surface area contributed by atoms with E-state index in [0.29, 0.717) is 5.92 Å². The standard InChI is InChI=1S/C28H26BrN3S/c1-17-14-20-25(22(29)15-17)30-26-21(28(20,2)3)16-33-27-23(26)24(18-10-6-4-7-11-18)31-32(27)19-12-8-5-9-13-19/h4-15,21,26,30H,16H2,1-3H3/t21-,26-/m1/s1. The number of hydrogen-bond donors (Lipinski definition) is 1. The largest absolute Gasteiger partial charge is 0.377 e. The molecule has 6 rings (SSSR count). The van der Waals surface area contributed by atoms with Crippen molar-refractivity contribution < 1.29 is 0 Å². The Bertz CT molecular complexity index is 1340. The van der Waals surface area contributed by atoms with Crippen LogP contribution in [0.3, 0.4) is 0 Å². The van der Waals surface area contributed by atoms with Crippen LogP contribution in [-0.4, -0.2) is 15.5 Å². The van der Waals surface area contributed by atoms with Crippen LogP contribution in [0.2, 0.25) is 0 Å². The van der Waals surface area contributed by atoms with Crippen molar-refractivity contribution in [2.75, 3.05) is 11.1 Å². The van der Waals surface area contributed by atoms with Gasteiger partial charge in [0.25, 0.3) is 0 Å². The topological polar surface area (TPSA) is 29.9 Å². The number of nitrogens with one attached hydrogen (secondary N) is 1. The number of aromatic nitrogens is 2. The van der Waals surface area contributed by atoms with Crippen molar-refractivity contribution in [2.24, 2.45) is 5.92 Å². The Morgan fingerprint density at radius 1 is 1.03 bits per heavy atom. The molecule has 3 nitrogen and oxygen atoms in total. The van der Waals surface area contributed by atoms with E-state index in [1.807, 2.05) is 11.8 Å². The molecule has 2 aliphatic heterocycles. The third kappa shape index (κ3) is 3.28. The lowest BCUT2D eigenvalue weighted by molar-refractivity contribution is 0.292. The number of rotatable bonds is 2. The number of hydrogen-bond acceptors (Lipinski definition) is 3. The first kappa shape index (κ1) is 21.1. The van der Waals surface area contributed by atoms with Gasteiger partial charge in [-0.2, -0.15) is 5.10 Å². The van der Waals surface area contributed by atoms with Gasteiger partial charge in [-0.3, -0.25) is 0 Å². The summed E-state index contributed by atoms with van der Waals surface area (Å²) in [5.41, 5.74) is 8.61. The van der Waals surface area contributed by atoms with Gasteiger partial charge in [-0.1, -0.05) is 68.4 Å². The highest BCUT2D eigenvalue weighted by Gasteiger charge is 2.48. The number of nitrogens with zero attached hydrogens (tertiary/aromatic N) is 2. The van der Waals surface area contributed by atoms with Gasteiger partial charge in [-0.15, -0.1) is 11.8 Å². The molecule has 1 aromatic heterocycles. The maximum Gasteiger partial charge on any atom is 0.106 e. The minimum atomic E-state index is 0.0350. The molecule has 0 aliphatic carbocycles. The Balaban J connectivity index is 1.59. The summed E-state index contributed by atoms with van der Waals surface area (Å²) in [6, 6.07) is 25.9. The van der Waals surface area contributed by atoms with Crippen LogP contribution in [-0.2, 0) is 5.41 Å². The molecule has 0 unspecified atom stereocenters. The van der Waals surface area contributed by atoms with Gasteiger partial charge in [0.2, 0.25) is 0 Å². The molecule has 2 aliphatic rings. The highest BCUT2D eigenvalue weighted by Crippen LogP contribution is 2.57. The molecule has 0 saturated carbocycles. The quantitative estimate of drug-likeness (QED) is 0.295. The summed E-state index contributed by atoms with van der Waals surface area (Å²) in [6.07, 6.45) is 0. The highest BCUT2D eigenvalue weighted by atomic mass is 79.9. The molecule has 3 aromatic carbocycles. The molecule has 0 bridgehead atoms. The Morgan fingerprint density at radius 3 is 2.45 bits per heavy atom. The Morgan fingerprint density at radius 2 is 1.73 bits per heavy atom. The zero-order valence-electron chi connectivity index (χ0n) is 19.0. The van der Waals surface area contributed by atoms with Crippen LogP contribution in [0.5, 0.6) is 0 Å². The number of halogens is 1. The summed E-state index contributed by atoms with van der Waals surface area (Å²) in [4.78, 5) is 0. The van der Waals surface area contributed by atoms with Crippen molar-refractivity contribution in [3.8, 4) is 16.9 Å². The summed E-state index contributed by atoms with van der Waals surface area (Å²) >= 11 is 5.80. The molecule has 5 heteroatoms. The maximum absolute atomic E-state index is 5.21. The highest BCUT2D eigenvalue weighted by molar-refractivity contribution is 9.10. The first-order valence-corrected chi connectivity index (χ1v) is 13.2. The summed E-state index contributed by atoms with van der Waals surface area (Å²) < 4.78 is 3.29. The first-order valence-electron chi connectivity index (χ1n) is 11.4. The minimum absolute atomic E-state index is 0.0350. The fourth-order valence-corrected chi connectivity index (χ4v) is 7.69. The van der Waals surface area contributed by atoms with E-state index in [9.17, 15) is 0 Å². The number of fused-ring (bicyclic) bond motifs is 4. The Labute approximate surface area is 207 Å². The van der Waals surface area contributed by atoms with Crippen molar-refractivity contribution in [1.29, 1.82) is 0 Å². The second kappa shape index (κ2) is 7.78. The smallest absolute Gasteiger partial charge is 0.106 e. The Kier molecular flexibility index (Phi) is 4.96. The average molecular weight is 517 g/mol. The lowest BCUT2D eigenvalue weighted by Crippen LogP contribution is -2.44. The van der Waals surface area contributed by atoms with E-state index in [1.54, 1.807) is 0 Å². The van der Waals surface area contributed by atoms with Gasteiger partial charge >= 0.3 is 0 Å². The van der Waals surface area contributed by atoms with Crippen molar-refractivity contribution in [1.82, 2.24) is 9.78 Å². The van der Waals surface area contributed by atoms with E-state index in [-0.39, 0.29) is 11.5 Å². The average Bonchev–Trinajstić information content (AvgIpc) is 3.21. The zero-order chi connectivity index (χ0) is 22.7. The number of para-hydroxylation sites is 1. The molecule has 0 radical (unpaired) electrons. The van der Waals surface area contributed by atoms with Gasteiger partial charge in [0.05, 0.1) is 23.1 Å². The molecule has 1 N–H and O–H groups in total. The van der Waals surface area contributed by atoms with Gasteiger partial charge in [0, 0.05) is 27.3 Å². The summed E-state index contributed by atoms with van der Waals surface area (Å²) in [7, 11) is 0. The number of thioether (sulfide) groups is 1. The SMILES string of the molecule is Cc1cc(Br)c2c(c1)C(C)(C)[C@@H]1CSc3c(c(-c4ccccc4)nn3-c3ccccc3)[C@@H]1N2. The van der Waals surface area contributed by atoms with Gasteiger partial charge in [0.1, 0.15) is 5.03 Å². The fourth-order valence-electron chi connectivity index (χ4n) is 5.40. The van der Waals surface area contributed by atoms with Crippen LogP contribution in [0.15, 0.2) is 82.3 Å². The molecule has 4 aromatic rings. The van der Waals surface area contributed by atoms with Crippen molar-refractivity contribution in [2.45, 2.75) is 37.3 Å². The lowest BCUT2D eigenvalue weighted by atomic mass is 9.66. The molecule has 0 saturated heterocycles. The van der Waals surface area contributed by atoms with Gasteiger partial charge < -0.3 is 5.32 Å². The third-order valence-electron chi connectivity index (χ3n) is 7.19. The van der Waals surface area contributed by atoms with Crippen LogP contribution in [0.4, 0.5) is 5.69 Å². The van der Waals surface area contributed by atoms with Gasteiger partial charge in [-0.05, 0) is 57.6 Å². The lowest BCUT2D eigenvalue weighted by Gasteiger charge is -2.48. The van der Waals surface area contributed by atoms with Crippen LogP contribution >= 0.6 is 27.7 Å². The van der Waals surface area contributed by atoms with Crippen molar-refractivity contribution >= 4 is 33.4 Å². The molecular formula is C28H26BrN3S. The predicted molar refractivity (Wildman–Crippen MR) is 141 cm³/mol. The van der Waals surface area contributed by atoms with Crippen LogP contribution < -0.4 is 5.32 Å². The molecule has 166 valence electrons. The van der Waals surface area contributed by atoms with Gasteiger partial charge in [-0.25, -0.2) is 4.68 Å². The summed E-state index contributed by atoms with van der Waals surface area (Å²) in [6.45, 7) is 7.00. The zero-order valence-corrected chi connectivity index (χ0v) is 21.4. The molecule has 33 heavy (non-hydrogen) atoms. The van der Waals surface area contributed by atoms with E-state index in [4.69, 9.17) is 5.10 Å². The monoisotopic (exact) mass is 515 g/mol. The van der Waals surface area contributed by atoms with E-state index < -0.39 is 0 Å². The van der Waals surface area contributed by atoms with E-state index in [2.05, 4.69) is 119 Å². The van der Waals surface area contributed by atoms with E-state index >= 15 is 0 Å². The van der Waals surface area contributed by atoms with E-state index in [1.165, 1.54) is 27.4 Å². The second-order valence-electron chi connectivity index (χ2n) is 9.61. The number of anilines is 1. The number of aryl methyl sites for hydroxylation is 1. The second-order valence-corrected chi connectivity index (χ2v) is 11.5. The first-order chi connectivity index (χ1) is 15.9. The molecule has 2 atom stereocenters. The van der Waals surface area contributed by atoms with Crippen LogP contribution in [0, 0.1) is 12.8 Å². The number of benzene rings is 3. The van der Waals surface area contributed by atoms with Crippen LogP contribution in [0.25, 0.3) is 16.9 Å². The molecule has 0 fully saturated rings. The third-order valence-corrected chi connectivity index (χ3v) is 9.01. The Hall–Kier alpha value is -2.50. The van der Waals surface area contributed by atoms with Crippen LogP contribution in [0.1, 0.15) is 36.6 Å². The molecule has 0 amide bonds. The van der Waals surface area contributed by atoms with Crippen molar-refractivity contribution in [3.63, 3.8) is 0 Å². The van der Waals surface area contributed by atoms with E-state index in [0.717, 1.165) is 27.2 Å². The molecule has 3 heterocycles. The molecular weight excluding hydrogens is 490 g/mol. The molecule has 0 spiro atoms. The maximum atomic E-state index is 5.21. The minimum Gasteiger partial charge on any atom is -0.377 e. The summed E-state index contributed by atoms with van der Waals surface area (Å²) in [5.74, 6) is 1.50. The van der Waals surface area contributed by atoms with Crippen molar-refractivity contribution in [3.05, 3.63) is 94.0 Å².